The van der Waals surface area contributed by atoms with Gasteiger partial charge in [0.05, 0.1) is 25.5 Å². The monoisotopic (exact) mass is 382 g/mol. The summed E-state index contributed by atoms with van der Waals surface area (Å²) in [6.07, 6.45) is 0. The summed E-state index contributed by atoms with van der Waals surface area (Å²) in [5.41, 5.74) is 5.94. The van der Waals surface area contributed by atoms with Crippen LogP contribution < -0.4 is 14.8 Å². The number of hydrogen-bond donors (Lipinski definition) is 1. The molecule has 140 valence electrons. The average Bonchev–Trinajstić information content (AvgIpc) is 3.07. The lowest BCUT2D eigenvalue weighted by atomic mass is 9.98. The van der Waals surface area contributed by atoms with E-state index in [0.29, 0.717) is 22.2 Å². The number of para-hydroxylation sites is 1. The van der Waals surface area contributed by atoms with Gasteiger partial charge in [-0.1, -0.05) is 23.8 Å². The molecule has 0 atom stereocenters. The molecule has 0 aliphatic rings. The van der Waals surface area contributed by atoms with Crippen LogP contribution in [-0.2, 0) is 0 Å². The Hall–Kier alpha value is -2.86. The van der Waals surface area contributed by atoms with Crippen molar-refractivity contribution in [1.82, 2.24) is 4.98 Å². The third-order valence-electron chi connectivity index (χ3n) is 4.31. The van der Waals surface area contributed by atoms with E-state index < -0.39 is 0 Å². The highest BCUT2D eigenvalue weighted by molar-refractivity contribution is 7.14. The molecule has 0 unspecified atom stereocenters. The highest BCUT2D eigenvalue weighted by Crippen LogP contribution is 2.33. The fourth-order valence-electron chi connectivity index (χ4n) is 3.26. The molecule has 0 spiro atoms. The quantitative estimate of drug-likeness (QED) is 0.674. The fraction of sp³-hybridized carbons (Fsp3) is 0.238. The number of nitrogens with zero attached hydrogens (tertiary/aromatic N) is 1. The van der Waals surface area contributed by atoms with E-state index in [1.807, 2.05) is 5.38 Å². The lowest BCUT2D eigenvalue weighted by Crippen LogP contribution is -2.13. The normalized spacial score (nSPS) is 10.6. The Bertz CT molecular complexity index is 972. The zero-order valence-corrected chi connectivity index (χ0v) is 16.9. The van der Waals surface area contributed by atoms with Gasteiger partial charge in [-0.05, 0) is 44.0 Å². The first-order chi connectivity index (χ1) is 12.9. The van der Waals surface area contributed by atoms with E-state index in [0.717, 1.165) is 11.3 Å². The molecule has 6 heteroatoms. The van der Waals surface area contributed by atoms with E-state index in [9.17, 15) is 4.79 Å². The Morgan fingerprint density at radius 2 is 1.78 bits per heavy atom. The standard InChI is InChI=1S/C21H22N2O3S/c1-12-9-13(2)18(14(3)10-12)16-11-27-21(22-16)23-20(24)15-7-6-8-17(25-4)19(15)26-5/h6-11H,1-5H3,(H,22,23,24). The van der Waals surface area contributed by atoms with Crippen LogP contribution in [0, 0.1) is 20.8 Å². The van der Waals surface area contributed by atoms with Crippen molar-refractivity contribution in [1.29, 1.82) is 0 Å². The molecule has 0 fully saturated rings. The predicted molar refractivity (Wildman–Crippen MR) is 109 cm³/mol. The second-order valence-corrected chi connectivity index (χ2v) is 7.16. The molecule has 0 saturated heterocycles. The third-order valence-corrected chi connectivity index (χ3v) is 5.06. The number of rotatable bonds is 5. The Kier molecular flexibility index (Phi) is 5.46. The number of thiazole rings is 1. The maximum absolute atomic E-state index is 12.7. The van der Waals surface area contributed by atoms with Crippen LogP contribution in [0.1, 0.15) is 27.0 Å². The van der Waals surface area contributed by atoms with Crippen molar-refractivity contribution in [2.75, 3.05) is 19.5 Å². The molecule has 3 aromatic rings. The maximum atomic E-state index is 12.7. The van der Waals surface area contributed by atoms with Gasteiger partial charge in [0.15, 0.2) is 16.6 Å². The molecule has 0 aliphatic carbocycles. The molecular formula is C21H22N2O3S. The number of hydrogen-bond acceptors (Lipinski definition) is 5. The van der Waals surface area contributed by atoms with Crippen molar-refractivity contribution < 1.29 is 14.3 Å². The summed E-state index contributed by atoms with van der Waals surface area (Å²) in [4.78, 5) is 17.3. The average molecular weight is 382 g/mol. The van der Waals surface area contributed by atoms with Gasteiger partial charge < -0.3 is 9.47 Å². The number of carbonyl (C=O) groups is 1. The van der Waals surface area contributed by atoms with Crippen LogP contribution in [0.5, 0.6) is 11.5 Å². The van der Waals surface area contributed by atoms with E-state index >= 15 is 0 Å². The van der Waals surface area contributed by atoms with E-state index in [1.54, 1.807) is 25.3 Å². The number of amides is 1. The second kappa shape index (κ2) is 7.80. The first kappa shape index (κ1) is 18.9. The van der Waals surface area contributed by atoms with Crippen molar-refractivity contribution in [2.24, 2.45) is 0 Å². The SMILES string of the molecule is COc1cccc(C(=O)Nc2nc(-c3c(C)cc(C)cc3C)cs2)c1OC. The molecule has 2 aromatic carbocycles. The molecule has 1 aromatic heterocycles. The number of anilines is 1. The molecular weight excluding hydrogens is 360 g/mol. The van der Waals surface area contributed by atoms with Crippen molar-refractivity contribution in [3.63, 3.8) is 0 Å². The van der Waals surface area contributed by atoms with Gasteiger partial charge in [0.1, 0.15) is 0 Å². The number of aryl methyl sites for hydroxylation is 3. The zero-order valence-electron chi connectivity index (χ0n) is 16.0. The summed E-state index contributed by atoms with van der Waals surface area (Å²) in [5.74, 6) is 0.624. The van der Waals surface area contributed by atoms with Gasteiger partial charge in [-0.3, -0.25) is 10.1 Å². The summed E-state index contributed by atoms with van der Waals surface area (Å²) in [7, 11) is 3.05. The first-order valence-corrected chi connectivity index (χ1v) is 9.38. The molecule has 0 radical (unpaired) electrons. The van der Waals surface area contributed by atoms with Crippen LogP contribution in [0.4, 0.5) is 5.13 Å². The van der Waals surface area contributed by atoms with E-state index in [4.69, 9.17) is 9.47 Å². The second-order valence-electron chi connectivity index (χ2n) is 6.31. The summed E-state index contributed by atoms with van der Waals surface area (Å²) in [6.45, 7) is 6.24. The first-order valence-electron chi connectivity index (χ1n) is 8.50. The highest BCUT2D eigenvalue weighted by Gasteiger charge is 2.18. The largest absolute Gasteiger partial charge is 0.493 e. The smallest absolute Gasteiger partial charge is 0.261 e. The van der Waals surface area contributed by atoms with E-state index in [-0.39, 0.29) is 5.91 Å². The van der Waals surface area contributed by atoms with Gasteiger partial charge in [-0.25, -0.2) is 4.98 Å². The fourth-order valence-corrected chi connectivity index (χ4v) is 3.96. The van der Waals surface area contributed by atoms with Crippen molar-refractivity contribution in [2.45, 2.75) is 20.8 Å². The molecule has 0 saturated carbocycles. The molecule has 3 rings (SSSR count). The predicted octanol–water partition coefficient (Wildman–Crippen LogP) is 5.00. The summed E-state index contributed by atoms with van der Waals surface area (Å²) in [5, 5.41) is 5.36. The van der Waals surface area contributed by atoms with Crippen molar-refractivity contribution in [3.8, 4) is 22.8 Å². The minimum atomic E-state index is -0.288. The van der Waals surface area contributed by atoms with Gasteiger partial charge >= 0.3 is 0 Å². The number of benzene rings is 2. The molecule has 1 heterocycles. The molecule has 0 bridgehead atoms. The van der Waals surface area contributed by atoms with Gasteiger partial charge in [0.2, 0.25) is 0 Å². The zero-order chi connectivity index (χ0) is 19.6. The Labute approximate surface area is 163 Å². The lowest BCUT2D eigenvalue weighted by Gasteiger charge is -2.11. The number of aromatic nitrogens is 1. The van der Waals surface area contributed by atoms with Crippen molar-refractivity contribution in [3.05, 3.63) is 58.0 Å². The molecule has 0 aliphatic heterocycles. The Morgan fingerprint density at radius 3 is 2.41 bits per heavy atom. The van der Waals surface area contributed by atoms with Crippen LogP contribution in [0.2, 0.25) is 0 Å². The van der Waals surface area contributed by atoms with Crippen LogP contribution >= 0.6 is 11.3 Å². The number of ether oxygens (including phenoxy) is 2. The molecule has 5 nitrogen and oxygen atoms in total. The Balaban J connectivity index is 1.88. The summed E-state index contributed by atoms with van der Waals surface area (Å²) < 4.78 is 10.6. The Morgan fingerprint density at radius 1 is 1.07 bits per heavy atom. The lowest BCUT2D eigenvalue weighted by molar-refractivity contribution is 0.102. The van der Waals surface area contributed by atoms with Gasteiger partial charge in [-0.15, -0.1) is 11.3 Å². The van der Waals surface area contributed by atoms with Crippen LogP contribution in [0.25, 0.3) is 11.3 Å². The van der Waals surface area contributed by atoms with E-state index in [2.05, 4.69) is 43.2 Å². The van der Waals surface area contributed by atoms with E-state index in [1.165, 1.54) is 35.1 Å². The third kappa shape index (κ3) is 3.80. The summed E-state index contributed by atoms with van der Waals surface area (Å²) in [6, 6.07) is 9.48. The number of carbonyl (C=O) groups excluding carboxylic acids is 1. The minimum Gasteiger partial charge on any atom is -0.493 e. The topological polar surface area (TPSA) is 60.5 Å². The summed E-state index contributed by atoms with van der Waals surface area (Å²) >= 11 is 1.40. The van der Waals surface area contributed by atoms with Gasteiger partial charge in [-0.2, -0.15) is 0 Å². The van der Waals surface area contributed by atoms with Crippen LogP contribution in [0.3, 0.4) is 0 Å². The molecule has 27 heavy (non-hydrogen) atoms. The van der Waals surface area contributed by atoms with Crippen LogP contribution in [-0.4, -0.2) is 25.1 Å². The molecule has 1 amide bonds. The minimum absolute atomic E-state index is 0.288. The maximum Gasteiger partial charge on any atom is 0.261 e. The number of methoxy groups -OCH3 is 2. The molecule has 1 N–H and O–H groups in total. The van der Waals surface area contributed by atoms with Gasteiger partial charge in [0, 0.05) is 10.9 Å². The number of nitrogens with one attached hydrogen (secondary N) is 1. The van der Waals surface area contributed by atoms with Crippen molar-refractivity contribution >= 4 is 22.4 Å². The van der Waals surface area contributed by atoms with Crippen LogP contribution in [0.15, 0.2) is 35.7 Å². The highest BCUT2D eigenvalue weighted by atomic mass is 32.1. The van der Waals surface area contributed by atoms with Gasteiger partial charge in [0.25, 0.3) is 5.91 Å².